The van der Waals surface area contributed by atoms with Crippen LogP contribution in [0.3, 0.4) is 0 Å². The van der Waals surface area contributed by atoms with Crippen molar-refractivity contribution in [3.8, 4) is 5.75 Å². The molecular formula is C6H4NO3. The number of aromatic carboxylic acids is 1. The van der Waals surface area contributed by atoms with Crippen LogP contribution in [-0.2, 0) is 5.11 Å². The molecule has 1 N–H and O–H groups in total. The predicted octanol–water partition coefficient (Wildman–Crippen LogP) is 0.924. The zero-order valence-corrected chi connectivity index (χ0v) is 4.94. The van der Waals surface area contributed by atoms with Crippen LogP contribution in [0, 0.1) is 0 Å². The molecule has 0 aliphatic carbocycles. The van der Waals surface area contributed by atoms with Gasteiger partial charge in [0.1, 0.15) is 5.56 Å². The van der Waals surface area contributed by atoms with E-state index >= 15 is 0 Å². The molecule has 1 radical (unpaired) electrons. The van der Waals surface area contributed by atoms with Gasteiger partial charge < -0.3 is 5.11 Å². The molecule has 1 aromatic heterocycles. The molecule has 0 aliphatic rings. The molecule has 4 heteroatoms. The molecule has 1 heterocycles. The van der Waals surface area contributed by atoms with Crippen LogP contribution in [0.15, 0.2) is 18.5 Å². The van der Waals surface area contributed by atoms with E-state index < -0.39 is 11.7 Å². The van der Waals surface area contributed by atoms with Crippen molar-refractivity contribution in [2.75, 3.05) is 0 Å². The number of rotatable bonds is 1. The number of hydrogen-bond acceptors (Lipinski definition) is 2. The highest BCUT2D eigenvalue weighted by molar-refractivity contribution is 5.90. The van der Waals surface area contributed by atoms with Crippen molar-refractivity contribution in [2.45, 2.75) is 0 Å². The van der Waals surface area contributed by atoms with E-state index in [2.05, 4.69) is 4.98 Å². The maximum atomic E-state index is 10.6. The molecule has 0 saturated carbocycles. The second-order valence-electron chi connectivity index (χ2n) is 1.68. The first-order valence-electron chi connectivity index (χ1n) is 2.56. The predicted molar refractivity (Wildman–Crippen MR) is 31.3 cm³/mol. The summed E-state index contributed by atoms with van der Waals surface area (Å²) in [4.78, 5) is 13.6. The van der Waals surface area contributed by atoms with Gasteiger partial charge in [-0.15, -0.1) is 0 Å². The van der Waals surface area contributed by atoms with E-state index in [0.717, 1.165) is 6.20 Å². The number of nitrogens with zero attached hydrogens (tertiary/aromatic N) is 1. The second-order valence-corrected chi connectivity index (χ2v) is 1.68. The Morgan fingerprint density at radius 3 is 2.70 bits per heavy atom. The number of carboxylic acid groups (broad SMARTS) is 1. The molecule has 4 nitrogen and oxygen atoms in total. The lowest BCUT2D eigenvalue weighted by Gasteiger charge is -1.91. The van der Waals surface area contributed by atoms with Gasteiger partial charge in [-0.3, -0.25) is 10.1 Å². The van der Waals surface area contributed by atoms with Crippen molar-refractivity contribution < 1.29 is 15.0 Å². The fraction of sp³-hybridized carbons (Fsp3) is 0. The van der Waals surface area contributed by atoms with Gasteiger partial charge in [-0.1, -0.05) is 0 Å². The lowest BCUT2D eigenvalue weighted by Crippen LogP contribution is -1.95. The van der Waals surface area contributed by atoms with E-state index in [0.29, 0.717) is 0 Å². The van der Waals surface area contributed by atoms with Crippen LogP contribution in [0.2, 0.25) is 0 Å². The van der Waals surface area contributed by atoms with Crippen LogP contribution in [0.5, 0.6) is 5.75 Å². The van der Waals surface area contributed by atoms with Gasteiger partial charge in [-0.25, -0.2) is 4.79 Å². The third-order valence-electron chi connectivity index (χ3n) is 1.01. The zero-order chi connectivity index (χ0) is 7.56. The van der Waals surface area contributed by atoms with Crippen LogP contribution < -0.4 is 0 Å². The Hall–Kier alpha value is -1.58. The minimum absolute atomic E-state index is 0.241. The highest BCUT2D eigenvalue weighted by atomic mass is 16.4. The van der Waals surface area contributed by atoms with Crippen LogP contribution >= 0.6 is 0 Å². The smallest absolute Gasteiger partial charge is 0.339 e. The van der Waals surface area contributed by atoms with Gasteiger partial charge in [0, 0.05) is 6.20 Å². The molecule has 0 saturated heterocycles. The first-order chi connectivity index (χ1) is 4.72. The van der Waals surface area contributed by atoms with Gasteiger partial charge in [-0.2, -0.15) is 0 Å². The van der Waals surface area contributed by atoms with Crippen LogP contribution in [-0.4, -0.2) is 16.1 Å². The van der Waals surface area contributed by atoms with Crippen molar-refractivity contribution in [1.82, 2.24) is 4.98 Å². The van der Waals surface area contributed by atoms with E-state index in [1.807, 2.05) is 0 Å². The number of hydrogen-bond donors (Lipinski definition) is 1. The standard InChI is InChI=1S/C6H4NO3/c8-5-3-7-2-1-4(5)6(9)10/h1-3H,(H,9,10). The Morgan fingerprint density at radius 1 is 1.60 bits per heavy atom. The second kappa shape index (κ2) is 2.34. The average molecular weight is 138 g/mol. The molecule has 1 rings (SSSR count). The summed E-state index contributed by atoms with van der Waals surface area (Å²) in [6, 6.07) is 1.17. The van der Waals surface area contributed by atoms with E-state index in [4.69, 9.17) is 5.11 Å². The monoisotopic (exact) mass is 138 g/mol. The van der Waals surface area contributed by atoms with Crippen molar-refractivity contribution in [1.29, 1.82) is 0 Å². The van der Waals surface area contributed by atoms with Crippen molar-refractivity contribution in [3.63, 3.8) is 0 Å². The van der Waals surface area contributed by atoms with Gasteiger partial charge in [-0.05, 0) is 6.07 Å². The summed E-state index contributed by atoms with van der Waals surface area (Å²) in [5.74, 6) is -1.78. The summed E-state index contributed by atoms with van der Waals surface area (Å²) in [6.07, 6.45) is 2.24. The van der Waals surface area contributed by atoms with E-state index in [1.165, 1.54) is 12.3 Å². The maximum absolute atomic E-state index is 10.6. The molecule has 0 bridgehead atoms. The third kappa shape index (κ3) is 1.05. The minimum Gasteiger partial charge on any atom is -0.478 e. The molecule has 0 aromatic carbocycles. The molecule has 0 spiro atoms. The first-order valence-corrected chi connectivity index (χ1v) is 2.56. The number of carbonyl (C=O) groups is 1. The highest BCUT2D eigenvalue weighted by Gasteiger charge is 2.08. The molecule has 0 aliphatic heterocycles. The van der Waals surface area contributed by atoms with Crippen LogP contribution in [0.25, 0.3) is 0 Å². The fourth-order valence-corrected chi connectivity index (χ4v) is 0.557. The van der Waals surface area contributed by atoms with Crippen molar-refractivity contribution >= 4 is 5.97 Å². The summed E-state index contributed by atoms with van der Waals surface area (Å²) in [7, 11) is 0. The average Bonchev–Trinajstić information content (AvgIpc) is 1.88. The van der Waals surface area contributed by atoms with Gasteiger partial charge in [0.2, 0.25) is 5.75 Å². The summed E-state index contributed by atoms with van der Waals surface area (Å²) >= 11 is 0. The fourth-order valence-electron chi connectivity index (χ4n) is 0.557. The first kappa shape index (κ1) is 6.54. The quantitative estimate of drug-likeness (QED) is 0.627. The lowest BCUT2D eigenvalue weighted by atomic mass is 10.2. The summed E-state index contributed by atoms with van der Waals surface area (Å²) in [5, 5.41) is 19.0. The normalized spacial score (nSPS) is 9.20. The summed E-state index contributed by atoms with van der Waals surface area (Å²) < 4.78 is 0. The largest absolute Gasteiger partial charge is 0.478 e. The Bertz CT molecular complexity index is 259. The Kier molecular flexibility index (Phi) is 1.53. The number of carboxylic acids is 1. The molecule has 1 aromatic rings. The van der Waals surface area contributed by atoms with Gasteiger partial charge in [0.05, 0.1) is 6.20 Å². The zero-order valence-electron chi connectivity index (χ0n) is 4.94. The van der Waals surface area contributed by atoms with Gasteiger partial charge in [0.15, 0.2) is 0 Å². The number of aromatic nitrogens is 1. The van der Waals surface area contributed by atoms with E-state index in [-0.39, 0.29) is 5.56 Å². The molecule has 0 amide bonds. The Labute approximate surface area is 56.8 Å². The SMILES string of the molecule is [O]c1cnccc1C(=O)O. The van der Waals surface area contributed by atoms with Crippen molar-refractivity contribution in [2.24, 2.45) is 0 Å². The van der Waals surface area contributed by atoms with Crippen LogP contribution in [0.1, 0.15) is 10.4 Å². The molecule has 0 atom stereocenters. The topological polar surface area (TPSA) is 70.1 Å². The Morgan fingerprint density at radius 2 is 2.30 bits per heavy atom. The van der Waals surface area contributed by atoms with Crippen molar-refractivity contribution in [3.05, 3.63) is 24.0 Å². The Balaban J connectivity index is 3.15. The number of pyridine rings is 1. The minimum atomic E-state index is -1.22. The molecule has 0 unspecified atom stereocenters. The highest BCUT2D eigenvalue weighted by Crippen LogP contribution is 2.13. The maximum Gasteiger partial charge on any atom is 0.339 e. The van der Waals surface area contributed by atoms with Crippen LogP contribution in [0.4, 0.5) is 0 Å². The van der Waals surface area contributed by atoms with Gasteiger partial charge >= 0.3 is 5.97 Å². The third-order valence-corrected chi connectivity index (χ3v) is 1.01. The van der Waals surface area contributed by atoms with Gasteiger partial charge in [0.25, 0.3) is 0 Å². The summed E-state index contributed by atoms with van der Waals surface area (Å²) in [5.41, 5.74) is -0.241. The molecule has 0 fully saturated rings. The summed E-state index contributed by atoms with van der Waals surface area (Å²) in [6.45, 7) is 0. The lowest BCUT2D eigenvalue weighted by molar-refractivity contribution is 0.0691. The molecular weight excluding hydrogens is 134 g/mol. The van der Waals surface area contributed by atoms with E-state index in [9.17, 15) is 9.90 Å². The van der Waals surface area contributed by atoms with E-state index in [1.54, 1.807) is 0 Å². The molecule has 10 heavy (non-hydrogen) atoms. The molecule has 51 valence electrons.